The van der Waals surface area contributed by atoms with Crippen LogP contribution < -0.4 is 10.5 Å². The predicted molar refractivity (Wildman–Crippen MR) is 61.2 cm³/mol. The van der Waals surface area contributed by atoms with Crippen molar-refractivity contribution in [3.05, 3.63) is 41.1 Å². The minimum absolute atomic E-state index is 0.305. The van der Waals surface area contributed by atoms with Gasteiger partial charge >= 0.3 is 0 Å². The van der Waals surface area contributed by atoms with Crippen molar-refractivity contribution in [3.8, 4) is 5.75 Å². The van der Waals surface area contributed by atoms with Gasteiger partial charge in [-0.2, -0.15) is 0 Å². The lowest BCUT2D eigenvalue weighted by Gasteiger charge is -2.08. The van der Waals surface area contributed by atoms with Crippen molar-refractivity contribution in [2.24, 2.45) is 0 Å². The summed E-state index contributed by atoms with van der Waals surface area (Å²) in [5, 5.41) is 3.76. The van der Waals surface area contributed by atoms with Crippen molar-refractivity contribution in [2.75, 3.05) is 5.73 Å². The molecule has 1 aromatic carbocycles. The second kappa shape index (κ2) is 4.26. The number of rotatable bonds is 3. The van der Waals surface area contributed by atoms with Crippen LogP contribution in [0.4, 0.5) is 5.88 Å². The lowest BCUT2D eigenvalue weighted by molar-refractivity contribution is 0.288. The molecule has 84 valence electrons. The Morgan fingerprint density at radius 2 is 2.19 bits per heavy atom. The Balaban J connectivity index is 2.07. The quantitative estimate of drug-likeness (QED) is 0.859. The van der Waals surface area contributed by atoms with E-state index >= 15 is 0 Å². The minimum Gasteiger partial charge on any atom is -0.487 e. The molecule has 2 aromatic rings. The summed E-state index contributed by atoms with van der Waals surface area (Å²) in [4.78, 5) is 0. The molecular formula is C12H14N2O2. The van der Waals surface area contributed by atoms with Gasteiger partial charge in [0.15, 0.2) is 0 Å². The van der Waals surface area contributed by atoms with E-state index in [1.54, 1.807) is 6.07 Å². The maximum atomic E-state index is 5.64. The van der Waals surface area contributed by atoms with Gasteiger partial charge in [0.05, 0.1) is 0 Å². The van der Waals surface area contributed by atoms with Crippen LogP contribution in [0.15, 0.2) is 28.8 Å². The number of hydrogen-bond donors (Lipinski definition) is 1. The normalized spacial score (nSPS) is 10.4. The summed E-state index contributed by atoms with van der Waals surface area (Å²) >= 11 is 0. The van der Waals surface area contributed by atoms with Gasteiger partial charge in [-0.25, -0.2) is 0 Å². The molecule has 2 N–H and O–H groups in total. The molecule has 0 aliphatic carbocycles. The Morgan fingerprint density at radius 3 is 2.88 bits per heavy atom. The highest BCUT2D eigenvalue weighted by molar-refractivity contribution is 5.38. The van der Waals surface area contributed by atoms with Gasteiger partial charge in [-0.1, -0.05) is 17.3 Å². The summed E-state index contributed by atoms with van der Waals surface area (Å²) in [6, 6.07) is 7.61. The molecule has 0 fully saturated rings. The highest BCUT2D eigenvalue weighted by Gasteiger charge is 2.04. The van der Waals surface area contributed by atoms with Crippen LogP contribution in [-0.2, 0) is 6.61 Å². The average molecular weight is 218 g/mol. The van der Waals surface area contributed by atoms with Gasteiger partial charge in [0.1, 0.15) is 18.1 Å². The first kappa shape index (κ1) is 10.5. The van der Waals surface area contributed by atoms with E-state index in [0.29, 0.717) is 18.2 Å². The number of hydrogen-bond acceptors (Lipinski definition) is 4. The van der Waals surface area contributed by atoms with Crippen LogP contribution in [-0.4, -0.2) is 5.16 Å². The average Bonchev–Trinajstić information content (AvgIpc) is 2.67. The van der Waals surface area contributed by atoms with E-state index < -0.39 is 0 Å². The zero-order valence-corrected chi connectivity index (χ0v) is 9.36. The van der Waals surface area contributed by atoms with Crippen molar-refractivity contribution >= 4 is 5.88 Å². The van der Waals surface area contributed by atoms with Crippen molar-refractivity contribution < 1.29 is 9.26 Å². The van der Waals surface area contributed by atoms with Crippen molar-refractivity contribution in [1.29, 1.82) is 0 Å². The summed E-state index contributed by atoms with van der Waals surface area (Å²) in [5.41, 5.74) is 8.45. The van der Waals surface area contributed by atoms with Gasteiger partial charge in [0, 0.05) is 6.07 Å². The first-order chi connectivity index (χ1) is 7.66. The largest absolute Gasteiger partial charge is 0.487 e. The van der Waals surface area contributed by atoms with E-state index in [1.165, 1.54) is 5.56 Å². The van der Waals surface area contributed by atoms with Gasteiger partial charge in [-0.3, -0.25) is 0 Å². The SMILES string of the molecule is Cc1cccc(OCc2cc(N)on2)c1C. The number of anilines is 1. The van der Waals surface area contributed by atoms with Crippen molar-refractivity contribution in [3.63, 3.8) is 0 Å². The third-order valence-electron chi connectivity index (χ3n) is 2.51. The van der Waals surface area contributed by atoms with Gasteiger partial charge < -0.3 is 15.0 Å². The molecule has 0 spiro atoms. The van der Waals surface area contributed by atoms with Crippen LogP contribution in [0, 0.1) is 13.8 Å². The van der Waals surface area contributed by atoms with E-state index in [4.69, 9.17) is 15.0 Å². The fraction of sp³-hybridized carbons (Fsp3) is 0.250. The molecule has 0 saturated heterocycles. The number of nitrogen functional groups attached to an aromatic ring is 1. The Labute approximate surface area is 94.0 Å². The molecule has 4 nitrogen and oxygen atoms in total. The maximum Gasteiger partial charge on any atom is 0.222 e. The Hall–Kier alpha value is -1.97. The minimum atomic E-state index is 0.305. The van der Waals surface area contributed by atoms with Gasteiger partial charge in [0.2, 0.25) is 5.88 Å². The highest BCUT2D eigenvalue weighted by atomic mass is 16.5. The number of benzene rings is 1. The fourth-order valence-corrected chi connectivity index (χ4v) is 1.43. The monoisotopic (exact) mass is 218 g/mol. The lowest BCUT2D eigenvalue weighted by Crippen LogP contribution is -1.98. The molecule has 0 bridgehead atoms. The van der Waals surface area contributed by atoms with Crippen LogP contribution >= 0.6 is 0 Å². The molecule has 1 heterocycles. The van der Waals surface area contributed by atoms with Crippen LogP contribution in [0.25, 0.3) is 0 Å². The zero-order chi connectivity index (χ0) is 11.5. The van der Waals surface area contributed by atoms with E-state index in [-0.39, 0.29) is 0 Å². The number of aryl methyl sites for hydroxylation is 1. The molecule has 0 aliphatic rings. The summed E-state index contributed by atoms with van der Waals surface area (Å²) in [6.07, 6.45) is 0. The smallest absolute Gasteiger partial charge is 0.222 e. The van der Waals surface area contributed by atoms with Gasteiger partial charge in [-0.15, -0.1) is 0 Å². The second-order valence-electron chi connectivity index (χ2n) is 3.71. The molecule has 0 atom stereocenters. The van der Waals surface area contributed by atoms with Gasteiger partial charge in [0.25, 0.3) is 0 Å². The fourth-order valence-electron chi connectivity index (χ4n) is 1.43. The maximum absolute atomic E-state index is 5.64. The standard InChI is InChI=1S/C12H14N2O2/c1-8-4-3-5-11(9(8)2)15-7-10-6-12(13)16-14-10/h3-6H,7,13H2,1-2H3. The number of aromatic nitrogens is 1. The van der Waals surface area contributed by atoms with Crippen LogP contribution in [0.1, 0.15) is 16.8 Å². The third-order valence-corrected chi connectivity index (χ3v) is 2.51. The number of nitrogens with two attached hydrogens (primary N) is 1. The highest BCUT2D eigenvalue weighted by Crippen LogP contribution is 2.21. The van der Waals surface area contributed by atoms with Crippen molar-refractivity contribution in [2.45, 2.75) is 20.5 Å². The third kappa shape index (κ3) is 2.16. The number of ether oxygens (including phenoxy) is 1. The summed E-state index contributed by atoms with van der Waals surface area (Å²) in [6.45, 7) is 4.45. The zero-order valence-electron chi connectivity index (χ0n) is 9.36. The van der Waals surface area contributed by atoms with Crippen LogP contribution in [0.3, 0.4) is 0 Å². The molecule has 0 aliphatic heterocycles. The first-order valence-corrected chi connectivity index (χ1v) is 5.07. The second-order valence-corrected chi connectivity index (χ2v) is 3.71. The van der Waals surface area contributed by atoms with Gasteiger partial charge in [-0.05, 0) is 31.0 Å². The Bertz CT molecular complexity index is 492. The molecule has 0 unspecified atom stereocenters. The first-order valence-electron chi connectivity index (χ1n) is 5.07. The summed E-state index contributed by atoms with van der Waals surface area (Å²) in [7, 11) is 0. The molecule has 2 rings (SSSR count). The van der Waals surface area contributed by atoms with E-state index in [1.807, 2.05) is 19.1 Å². The van der Waals surface area contributed by atoms with E-state index in [2.05, 4.69) is 18.1 Å². The molecule has 16 heavy (non-hydrogen) atoms. The summed E-state index contributed by atoms with van der Waals surface area (Å²) < 4.78 is 10.4. The predicted octanol–water partition coefficient (Wildman–Crippen LogP) is 2.45. The lowest BCUT2D eigenvalue weighted by atomic mass is 10.1. The molecular weight excluding hydrogens is 204 g/mol. The topological polar surface area (TPSA) is 61.3 Å². The molecule has 0 amide bonds. The summed E-state index contributed by atoms with van der Waals surface area (Å²) in [5.74, 6) is 1.17. The Morgan fingerprint density at radius 1 is 1.38 bits per heavy atom. The molecule has 0 radical (unpaired) electrons. The van der Waals surface area contributed by atoms with E-state index in [9.17, 15) is 0 Å². The van der Waals surface area contributed by atoms with Crippen LogP contribution in [0.2, 0.25) is 0 Å². The van der Waals surface area contributed by atoms with Crippen LogP contribution in [0.5, 0.6) is 5.75 Å². The number of nitrogens with zero attached hydrogens (tertiary/aromatic N) is 1. The Kier molecular flexibility index (Phi) is 2.81. The molecule has 1 aromatic heterocycles. The molecule has 0 saturated carbocycles. The van der Waals surface area contributed by atoms with E-state index in [0.717, 1.165) is 11.3 Å². The van der Waals surface area contributed by atoms with Crippen molar-refractivity contribution in [1.82, 2.24) is 5.16 Å². The molecule has 4 heteroatoms.